The summed E-state index contributed by atoms with van der Waals surface area (Å²) in [6, 6.07) is 16.4. The van der Waals surface area contributed by atoms with E-state index in [1.165, 1.54) is 5.69 Å². The largest absolute Gasteiger partial charge is 0.368 e. The zero-order valence-electron chi connectivity index (χ0n) is 13.3. The number of anilines is 2. The quantitative estimate of drug-likeness (QED) is 0.908. The third-order valence-corrected chi connectivity index (χ3v) is 4.07. The molecule has 2 aromatic rings. The van der Waals surface area contributed by atoms with Gasteiger partial charge < -0.3 is 20.9 Å². The highest BCUT2D eigenvalue weighted by molar-refractivity contribution is 5.96. The smallest absolute Gasteiger partial charge is 0.316 e. The van der Waals surface area contributed by atoms with Gasteiger partial charge in [0.15, 0.2) is 0 Å². The summed E-state index contributed by atoms with van der Waals surface area (Å²) in [5.74, 6) is -0.0316. The molecule has 1 aliphatic rings. The molecular formula is C18H20N4O2. The lowest BCUT2D eigenvalue weighted by atomic mass is 10.1. The molecule has 0 saturated carbocycles. The summed E-state index contributed by atoms with van der Waals surface area (Å²) in [6.45, 7) is 2.94. The van der Waals surface area contributed by atoms with Gasteiger partial charge in [0.2, 0.25) is 0 Å². The highest BCUT2D eigenvalue weighted by atomic mass is 16.2. The maximum absolute atomic E-state index is 12.6. The predicted octanol–water partition coefficient (Wildman–Crippen LogP) is 2.14. The SMILES string of the molecule is NC(=O)Nc1cccc(C(=O)N2CCN(c3ccccc3)CC2)c1. The molecule has 124 valence electrons. The van der Waals surface area contributed by atoms with E-state index in [-0.39, 0.29) is 5.91 Å². The number of benzene rings is 2. The zero-order chi connectivity index (χ0) is 16.9. The molecule has 0 spiro atoms. The second-order valence-corrected chi connectivity index (χ2v) is 5.68. The number of carbonyl (C=O) groups is 2. The molecule has 0 aromatic heterocycles. The normalized spacial score (nSPS) is 14.3. The third-order valence-electron chi connectivity index (χ3n) is 4.07. The molecule has 6 heteroatoms. The van der Waals surface area contributed by atoms with E-state index >= 15 is 0 Å². The summed E-state index contributed by atoms with van der Waals surface area (Å²) in [7, 11) is 0. The molecule has 0 bridgehead atoms. The lowest BCUT2D eigenvalue weighted by Gasteiger charge is -2.36. The van der Waals surface area contributed by atoms with Crippen LogP contribution in [0.4, 0.5) is 16.2 Å². The number of para-hydroxylation sites is 1. The Morgan fingerprint density at radius 2 is 1.62 bits per heavy atom. The second-order valence-electron chi connectivity index (χ2n) is 5.68. The minimum atomic E-state index is -0.643. The summed E-state index contributed by atoms with van der Waals surface area (Å²) in [4.78, 5) is 27.7. The average molecular weight is 324 g/mol. The Hall–Kier alpha value is -3.02. The number of carbonyl (C=O) groups excluding carboxylic acids is 2. The van der Waals surface area contributed by atoms with Crippen molar-refractivity contribution in [3.05, 3.63) is 60.2 Å². The van der Waals surface area contributed by atoms with E-state index < -0.39 is 6.03 Å². The van der Waals surface area contributed by atoms with E-state index in [0.717, 1.165) is 13.1 Å². The van der Waals surface area contributed by atoms with E-state index in [1.807, 2.05) is 23.1 Å². The third kappa shape index (κ3) is 3.65. The van der Waals surface area contributed by atoms with Crippen LogP contribution in [0, 0.1) is 0 Å². The molecule has 3 N–H and O–H groups in total. The van der Waals surface area contributed by atoms with Gasteiger partial charge in [0, 0.05) is 43.1 Å². The fourth-order valence-corrected chi connectivity index (χ4v) is 2.86. The van der Waals surface area contributed by atoms with Crippen molar-refractivity contribution in [3.8, 4) is 0 Å². The van der Waals surface area contributed by atoms with E-state index in [1.54, 1.807) is 24.3 Å². The van der Waals surface area contributed by atoms with Gasteiger partial charge in [-0.2, -0.15) is 0 Å². The first kappa shape index (κ1) is 15.9. The Labute approximate surface area is 140 Å². The Morgan fingerprint density at radius 3 is 2.29 bits per heavy atom. The monoisotopic (exact) mass is 324 g/mol. The predicted molar refractivity (Wildman–Crippen MR) is 94.2 cm³/mol. The fourth-order valence-electron chi connectivity index (χ4n) is 2.86. The lowest BCUT2D eigenvalue weighted by Crippen LogP contribution is -2.48. The second kappa shape index (κ2) is 7.04. The summed E-state index contributed by atoms with van der Waals surface area (Å²) >= 11 is 0. The van der Waals surface area contributed by atoms with Gasteiger partial charge in [0.25, 0.3) is 5.91 Å². The first-order chi connectivity index (χ1) is 11.6. The number of hydrogen-bond acceptors (Lipinski definition) is 3. The molecule has 1 heterocycles. The number of nitrogens with one attached hydrogen (secondary N) is 1. The van der Waals surface area contributed by atoms with Crippen LogP contribution in [-0.4, -0.2) is 43.0 Å². The van der Waals surface area contributed by atoms with Crippen LogP contribution in [0.1, 0.15) is 10.4 Å². The van der Waals surface area contributed by atoms with Crippen molar-refractivity contribution in [2.75, 3.05) is 36.4 Å². The van der Waals surface area contributed by atoms with Crippen LogP contribution >= 0.6 is 0 Å². The van der Waals surface area contributed by atoms with Crippen molar-refractivity contribution in [1.29, 1.82) is 0 Å². The zero-order valence-corrected chi connectivity index (χ0v) is 13.3. The Kier molecular flexibility index (Phi) is 4.65. The molecule has 2 aromatic carbocycles. The van der Waals surface area contributed by atoms with Crippen LogP contribution in [0.5, 0.6) is 0 Å². The van der Waals surface area contributed by atoms with Crippen LogP contribution in [-0.2, 0) is 0 Å². The minimum absolute atomic E-state index is 0.0316. The van der Waals surface area contributed by atoms with E-state index in [2.05, 4.69) is 22.3 Å². The molecule has 0 unspecified atom stereocenters. The fraction of sp³-hybridized carbons (Fsp3) is 0.222. The van der Waals surface area contributed by atoms with Crippen molar-refractivity contribution in [2.24, 2.45) is 5.73 Å². The molecule has 0 radical (unpaired) electrons. The van der Waals surface area contributed by atoms with E-state index in [0.29, 0.717) is 24.3 Å². The highest BCUT2D eigenvalue weighted by Gasteiger charge is 2.22. The summed E-state index contributed by atoms with van der Waals surface area (Å²) in [5, 5.41) is 2.49. The van der Waals surface area contributed by atoms with Crippen molar-refractivity contribution in [2.45, 2.75) is 0 Å². The Morgan fingerprint density at radius 1 is 0.917 bits per heavy atom. The van der Waals surface area contributed by atoms with Crippen molar-refractivity contribution < 1.29 is 9.59 Å². The summed E-state index contributed by atoms with van der Waals surface area (Å²) in [6.07, 6.45) is 0. The standard InChI is InChI=1S/C18H20N4O2/c19-18(24)20-15-6-4-5-14(13-15)17(23)22-11-9-21(10-12-22)16-7-2-1-3-8-16/h1-8,13H,9-12H2,(H3,19,20,24). The van der Waals surface area contributed by atoms with E-state index in [9.17, 15) is 9.59 Å². The van der Waals surface area contributed by atoms with Crippen molar-refractivity contribution >= 4 is 23.3 Å². The van der Waals surface area contributed by atoms with Gasteiger partial charge in [0.1, 0.15) is 0 Å². The Bertz CT molecular complexity index is 725. The van der Waals surface area contributed by atoms with Gasteiger partial charge in [-0.25, -0.2) is 4.79 Å². The molecule has 0 aliphatic carbocycles. The van der Waals surface area contributed by atoms with Gasteiger partial charge in [0.05, 0.1) is 0 Å². The number of nitrogens with zero attached hydrogens (tertiary/aromatic N) is 2. The van der Waals surface area contributed by atoms with Gasteiger partial charge in [-0.05, 0) is 30.3 Å². The molecule has 3 amide bonds. The maximum atomic E-state index is 12.6. The summed E-state index contributed by atoms with van der Waals surface area (Å²) in [5.41, 5.74) is 7.37. The highest BCUT2D eigenvalue weighted by Crippen LogP contribution is 2.18. The average Bonchev–Trinajstić information content (AvgIpc) is 2.62. The molecule has 1 aliphatic heterocycles. The van der Waals surface area contributed by atoms with E-state index in [4.69, 9.17) is 5.73 Å². The van der Waals surface area contributed by atoms with Gasteiger partial charge in [-0.1, -0.05) is 24.3 Å². The van der Waals surface area contributed by atoms with Gasteiger partial charge in [-0.3, -0.25) is 4.79 Å². The molecular weight excluding hydrogens is 304 g/mol. The number of primary amides is 1. The number of rotatable bonds is 3. The summed E-state index contributed by atoms with van der Waals surface area (Å²) < 4.78 is 0. The number of urea groups is 1. The van der Waals surface area contributed by atoms with Crippen molar-refractivity contribution in [3.63, 3.8) is 0 Å². The minimum Gasteiger partial charge on any atom is -0.368 e. The van der Waals surface area contributed by atoms with Crippen LogP contribution in [0.2, 0.25) is 0 Å². The molecule has 6 nitrogen and oxygen atoms in total. The molecule has 1 fully saturated rings. The number of amides is 3. The lowest BCUT2D eigenvalue weighted by molar-refractivity contribution is 0.0747. The van der Waals surface area contributed by atoms with Gasteiger partial charge in [-0.15, -0.1) is 0 Å². The topological polar surface area (TPSA) is 78.7 Å². The van der Waals surface area contributed by atoms with Crippen molar-refractivity contribution in [1.82, 2.24) is 4.90 Å². The molecule has 24 heavy (non-hydrogen) atoms. The van der Waals surface area contributed by atoms with Crippen LogP contribution in [0.25, 0.3) is 0 Å². The molecule has 0 atom stereocenters. The molecule has 1 saturated heterocycles. The maximum Gasteiger partial charge on any atom is 0.316 e. The molecule has 3 rings (SSSR count). The van der Waals surface area contributed by atoms with Gasteiger partial charge >= 0.3 is 6.03 Å². The number of nitrogens with two attached hydrogens (primary N) is 1. The number of piperazine rings is 1. The Balaban J connectivity index is 1.64. The first-order valence-electron chi connectivity index (χ1n) is 7.89. The van der Waals surface area contributed by atoms with Crippen LogP contribution < -0.4 is 16.0 Å². The number of hydrogen-bond donors (Lipinski definition) is 2. The van der Waals surface area contributed by atoms with Crippen LogP contribution in [0.3, 0.4) is 0 Å². The first-order valence-corrected chi connectivity index (χ1v) is 7.89. The van der Waals surface area contributed by atoms with Crippen LogP contribution in [0.15, 0.2) is 54.6 Å².